The second kappa shape index (κ2) is 7.56. The van der Waals surface area contributed by atoms with Crippen LogP contribution in [-0.4, -0.2) is 85.7 Å². The number of piperidine rings is 2. The average Bonchev–Trinajstić information content (AvgIpc) is 2.57. The van der Waals surface area contributed by atoms with Crippen LogP contribution in [0.4, 0.5) is 0 Å². The standard InChI is InChI=1S/C16H29N3O2/c20-16(19-9-11-21-12-10-19)14-17-6-4-5-15(13-17)18-7-2-1-3-8-18/h15H,1-14H2. The van der Waals surface area contributed by atoms with Gasteiger partial charge in [-0.2, -0.15) is 0 Å². The van der Waals surface area contributed by atoms with Gasteiger partial charge in [0.05, 0.1) is 19.8 Å². The summed E-state index contributed by atoms with van der Waals surface area (Å²) in [6.07, 6.45) is 6.63. The van der Waals surface area contributed by atoms with E-state index in [9.17, 15) is 4.79 Å². The predicted octanol–water partition coefficient (Wildman–Crippen LogP) is 0.796. The largest absolute Gasteiger partial charge is 0.378 e. The fourth-order valence-corrected chi connectivity index (χ4v) is 3.86. The Morgan fingerprint density at radius 2 is 1.71 bits per heavy atom. The summed E-state index contributed by atoms with van der Waals surface area (Å²) in [5, 5.41) is 0. The van der Waals surface area contributed by atoms with Gasteiger partial charge in [-0.3, -0.25) is 14.6 Å². The number of amides is 1. The minimum absolute atomic E-state index is 0.289. The molecule has 0 spiro atoms. The second-order valence-corrected chi connectivity index (χ2v) is 6.62. The highest BCUT2D eigenvalue weighted by Crippen LogP contribution is 2.20. The first kappa shape index (κ1) is 15.3. The fraction of sp³-hybridized carbons (Fsp3) is 0.938. The summed E-state index contributed by atoms with van der Waals surface area (Å²) < 4.78 is 5.32. The van der Waals surface area contributed by atoms with Gasteiger partial charge in [-0.1, -0.05) is 6.42 Å². The maximum Gasteiger partial charge on any atom is 0.236 e. The zero-order valence-electron chi connectivity index (χ0n) is 13.1. The van der Waals surface area contributed by atoms with Gasteiger partial charge in [0.2, 0.25) is 5.91 Å². The maximum atomic E-state index is 12.4. The molecule has 0 N–H and O–H groups in total. The second-order valence-electron chi connectivity index (χ2n) is 6.62. The van der Waals surface area contributed by atoms with Crippen molar-refractivity contribution in [3.05, 3.63) is 0 Å². The molecule has 3 heterocycles. The summed E-state index contributed by atoms with van der Waals surface area (Å²) in [5.41, 5.74) is 0. The molecule has 1 amide bonds. The van der Waals surface area contributed by atoms with E-state index in [2.05, 4.69) is 9.80 Å². The van der Waals surface area contributed by atoms with Crippen molar-refractivity contribution < 1.29 is 9.53 Å². The van der Waals surface area contributed by atoms with Crippen LogP contribution in [0, 0.1) is 0 Å². The topological polar surface area (TPSA) is 36.0 Å². The maximum absolute atomic E-state index is 12.4. The van der Waals surface area contributed by atoms with Gasteiger partial charge < -0.3 is 9.64 Å². The van der Waals surface area contributed by atoms with E-state index in [1.165, 1.54) is 45.2 Å². The normalized spacial score (nSPS) is 29.5. The van der Waals surface area contributed by atoms with Gasteiger partial charge in [0.25, 0.3) is 0 Å². The van der Waals surface area contributed by atoms with E-state index in [0.29, 0.717) is 25.8 Å². The smallest absolute Gasteiger partial charge is 0.236 e. The molecule has 0 bridgehead atoms. The van der Waals surface area contributed by atoms with Crippen LogP contribution in [0.5, 0.6) is 0 Å². The quantitative estimate of drug-likeness (QED) is 0.771. The number of morpholine rings is 1. The monoisotopic (exact) mass is 295 g/mol. The number of rotatable bonds is 3. The molecule has 3 rings (SSSR count). The van der Waals surface area contributed by atoms with E-state index in [-0.39, 0.29) is 5.91 Å². The average molecular weight is 295 g/mol. The van der Waals surface area contributed by atoms with Crippen LogP contribution in [-0.2, 0) is 9.53 Å². The molecule has 3 aliphatic heterocycles. The molecule has 5 nitrogen and oxygen atoms in total. The number of ether oxygens (including phenoxy) is 1. The molecule has 3 aliphatic rings. The van der Waals surface area contributed by atoms with Gasteiger partial charge in [0.15, 0.2) is 0 Å². The van der Waals surface area contributed by atoms with Crippen molar-refractivity contribution in [3.8, 4) is 0 Å². The van der Waals surface area contributed by atoms with E-state index < -0.39 is 0 Å². The zero-order valence-corrected chi connectivity index (χ0v) is 13.1. The van der Waals surface area contributed by atoms with Crippen LogP contribution < -0.4 is 0 Å². The SMILES string of the molecule is O=C(CN1CCCC(N2CCCCC2)C1)N1CCOCC1. The lowest BCUT2D eigenvalue weighted by Gasteiger charge is -2.41. The van der Waals surface area contributed by atoms with E-state index >= 15 is 0 Å². The highest BCUT2D eigenvalue weighted by atomic mass is 16.5. The zero-order chi connectivity index (χ0) is 14.5. The van der Waals surface area contributed by atoms with Gasteiger partial charge in [-0.15, -0.1) is 0 Å². The third-order valence-corrected chi connectivity index (χ3v) is 5.11. The number of hydrogen-bond acceptors (Lipinski definition) is 4. The molecular weight excluding hydrogens is 266 g/mol. The summed E-state index contributed by atoms with van der Waals surface area (Å²) in [5.74, 6) is 0.289. The minimum atomic E-state index is 0.289. The van der Waals surface area contributed by atoms with Crippen molar-refractivity contribution in [3.63, 3.8) is 0 Å². The molecule has 120 valence electrons. The van der Waals surface area contributed by atoms with Crippen molar-refractivity contribution in [2.45, 2.75) is 38.1 Å². The number of carbonyl (C=O) groups is 1. The Morgan fingerprint density at radius 3 is 2.48 bits per heavy atom. The molecule has 0 aromatic heterocycles. The lowest BCUT2D eigenvalue weighted by atomic mass is 10.0. The molecule has 1 unspecified atom stereocenters. The van der Waals surface area contributed by atoms with Crippen LogP contribution in [0.3, 0.4) is 0 Å². The lowest BCUT2D eigenvalue weighted by molar-refractivity contribution is -0.137. The Kier molecular flexibility index (Phi) is 5.49. The van der Waals surface area contributed by atoms with Crippen LogP contribution in [0.25, 0.3) is 0 Å². The molecule has 0 saturated carbocycles. The molecule has 3 fully saturated rings. The molecule has 3 saturated heterocycles. The summed E-state index contributed by atoms with van der Waals surface area (Å²) in [6.45, 7) is 8.21. The van der Waals surface area contributed by atoms with Gasteiger partial charge >= 0.3 is 0 Å². The van der Waals surface area contributed by atoms with Gasteiger partial charge in [0.1, 0.15) is 0 Å². The summed E-state index contributed by atoms with van der Waals surface area (Å²) in [4.78, 5) is 19.4. The van der Waals surface area contributed by atoms with Crippen molar-refractivity contribution in [2.75, 3.05) is 59.0 Å². The van der Waals surface area contributed by atoms with E-state index in [1.807, 2.05) is 4.90 Å². The van der Waals surface area contributed by atoms with Crippen molar-refractivity contribution >= 4 is 5.91 Å². The number of likely N-dealkylation sites (tertiary alicyclic amines) is 2. The first-order valence-electron chi connectivity index (χ1n) is 8.65. The number of nitrogens with zero attached hydrogens (tertiary/aromatic N) is 3. The van der Waals surface area contributed by atoms with Crippen LogP contribution in [0.1, 0.15) is 32.1 Å². The number of hydrogen-bond donors (Lipinski definition) is 0. The van der Waals surface area contributed by atoms with Crippen molar-refractivity contribution in [2.24, 2.45) is 0 Å². The fourth-order valence-electron chi connectivity index (χ4n) is 3.86. The molecule has 0 radical (unpaired) electrons. The van der Waals surface area contributed by atoms with Gasteiger partial charge in [0, 0.05) is 25.7 Å². The summed E-state index contributed by atoms with van der Waals surface area (Å²) >= 11 is 0. The van der Waals surface area contributed by atoms with Crippen LogP contribution >= 0.6 is 0 Å². The Morgan fingerprint density at radius 1 is 0.952 bits per heavy atom. The van der Waals surface area contributed by atoms with E-state index in [1.54, 1.807) is 0 Å². The molecule has 0 aromatic rings. The van der Waals surface area contributed by atoms with Crippen LogP contribution in [0.2, 0.25) is 0 Å². The van der Waals surface area contributed by atoms with Crippen molar-refractivity contribution in [1.29, 1.82) is 0 Å². The molecular formula is C16H29N3O2. The summed E-state index contributed by atoms with van der Waals surface area (Å²) in [7, 11) is 0. The Bertz CT molecular complexity index is 338. The van der Waals surface area contributed by atoms with Crippen LogP contribution in [0.15, 0.2) is 0 Å². The number of carbonyl (C=O) groups excluding carboxylic acids is 1. The third kappa shape index (κ3) is 4.18. The Labute approximate surface area is 128 Å². The first-order valence-corrected chi connectivity index (χ1v) is 8.65. The summed E-state index contributed by atoms with van der Waals surface area (Å²) in [6, 6.07) is 0.677. The molecule has 0 aromatic carbocycles. The lowest BCUT2D eigenvalue weighted by Crippen LogP contribution is -2.52. The third-order valence-electron chi connectivity index (χ3n) is 5.11. The molecule has 5 heteroatoms. The van der Waals surface area contributed by atoms with Crippen molar-refractivity contribution in [1.82, 2.24) is 14.7 Å². The minimum Gasteiger partial charge on any atom is -0.378 e. The Hall–Kier alpha value is -0.650. The van der Waals surface area contributed by atoms with Gasteiger partial charge in [-0.05, 0) is 45.3 Å². The first-order chi connectivity index (χ1) is 10.3. The highest BCUT2D eigenvalue weighted by molar-refractivity contribution is 5.78. The highest BCUT2D eigenvalue weighted by Gasteiger charge is 2.28. The van der Waals surface area contributed by atoms with E-state index in [4.69, 9.17) is 4.74 Å². The van der Waals surface area contributed by atoms with Gasteiger partial charge in [-0.25, -0.2) is 0 Å². The predicted molar refractivity (Wildman–Crippen MR) is 82.3 cm³/mol. The molecule has 0 aliphatic carbocycles. The van der Waals surface area contributed by atoms with E-state index in [0.717, 1.165) is 26.2 Å². The Balaban J connectivity index is 1.47. The molecule has 21 heavy (non-hydrogen) atoms. The molecule has 1 atom stereocenters.